The van der Waals surface area contributed by atoms with E-state index in [0.717, 1.165) is 42.3 Å². The van der Waals surface area contributed by atoms with Crippen LogP contribution in [0.3, 0.4) is 0 Å². The van der Waals surface area contributed by atoms with Crippen LogP contribution in [-0.4, -0.2) is 71.0 Å². The number of rotatable bonds is 7. The Balaban J connectivity index is 1.09. The highest BCUT2D eigenvalue weighted by Crippen LogP contribution is 2.52. The number of thioether (sulfide) groups is 1. The molecule has 0 bridgehead atoms. The van der Waals surface area contributed by atoms with Crippen molar-refractivity contribution in [2.75, 3.05) is 32.4 Å². The molecule has 41 heavy (non-hydrogen) atoms. The van der Waals surface area contributed by atoms with Crippen molar-refractivity contribution in [3.63, 3.8) is 0 Å². The number of pyridine rings is 1. The van der Waals surface area contributed by atoms with Crippen molar-refractivity contribution in [3.05, 3.63) is 49.9 Å². The van der Waals surface area contributed by atoms with Gasteiger partial charge >= 0.3 is 0 Å². The predicted molar refractivity (Wildman–Crippen MR) is 163 cm³/mol. The molecular weight excluding hydrogens is 560 g/mol. The van der Waals surface area contributed by atoms with Crippen LogP contribution in [-0.2, 0) is 6.54 Å². The van der Waals surface area contributed by atoms with Gasteiger partial charge in [-0.25, -0.2) is 0 Å². The summed E-state index contributed by atoms with van der Waals surface area (Å²) in [5, 5.41) is 3.27. The average Bonchev–Trinajstić information content (AvgIpc) is 3.58. The molecular formula is C31H41ClN4O4S. The topological polar surface area (TPSA) is 86.9 Å². The van der Waals surface area contributed by atoms with E-state index in [9.17, 15) is 9.59 Å². The number of halogens is 1. The number of hydrogen-bond donors (Lipinski definition) is 2. The van der Waals surface area contributed by atoms with E-state index < -0.39 is 5.79 Å². The minimum atomic E-state index is -0.813. The molecule has 1 amide bonds. The number of aryl methyl sites for hydroxylation is 1. The van der Waals surface area contributed by atoms with Gasteiger partial charge in [-0.15, -0.1) is 11.8 Å². The number of H-pyrrole nitrogens is 1. The summed E-state index contributed by atoms with van der Waals surface area (Å²) in [6, 6.07) is 4.96. The van der Waals surface area contributed by atoms with E-state index in [4.69, 9.17) is 21.1 Å². The molecule has 0 spiro atoms. The molecule has 3 aliphatic heterocycles. The number of benzene rings is 1. The zero-order chi connectivity index (χ0) is 28.9. The number of likely N-dealkylation sites (tertiary alicyclic amines) is 2. The molecule has 222 valence electrons. The van der Waals surface area contributed by atoms with E-state index in [0.29, 0.717) is 39.3 Å². The molecule has 0 unspecified atom stereocenters. The molecule has 4 aliphatic rings. The molecule has 1 aromatic heterocycles. The van der Waals surface area contributed by atoms with E-state index in [2.05, 4.69) is 20.1 Å². The van der Waals surface area contributed by atoms with Crippen molar-refractivity contribution in [1.82, 2.24) is 20.1 Å². The van der Waals surface area contributed by atoms with Crippen LogP contribution in [0.15, 0.2) is 21.8 Å². The van der Waals surface area contributed by atoms with Crippen LogP contribution in [0.4, 0.5) is 0 Å². The summed E-state index contributed by atoms with van der Waals surface area (Å²) in [7, 11) is 0. The third-order valence-electron chi connectivity index (χ3n) is 9.67. The molecule has 1 aliphatic carbocycles. The fraction of sp³-hybridized carbons (Fsp3) is 0.613. The largest absolute Gasteiger partial charge is 0.448 e. The molecule has 0 radical (unpaired) electrons. The molecule has 1 atom stereocenters. The zero-order valence-corrected chi connectivity index (χ0v) is 26.1. The molecule has 1 saturated carbocycles. The van der Waals surface area contributed by atoms with Crippen LogP contribution in [0.2, 0.25) is 5.02 Å². The summed E-state index contributed by atoms with van der Waals surface area (Å²) in [4.78, 5) is 34.8. The highest BCUT2D eigenvalue weighted by Gasteiger charge is 2.48. The first-order chi connectivity index (χ1) is 19.7. The van der Waals surface area contributed by atoms with Crippen molar-refractivity contribution >= 4 is 29.3 Å². The number of carbonyl (C=O) groups excluding carboxylic acids is 1. The summed E-state index contributed by atoms with van der Waals surface area (Å²) >= 11 is 8.15. The number of nitrogens with one attached hydrogen (secondary N) is 2. The Labute approximate surface area is 251 Å². The van der Waals surface area contributed by atoms with E-state index in [1.165, 1.54) is 50.8 Å². The van der Waals surface area contributed by atoms with Gasteiger partial charge in [0, 0.05) is 71.8 Å². The maximum Gasteiger partial charge on any atom is 0.254 e. The summed E-state index contributed by atoms with van der Waals surface area (Å²) in [6.45, 7) is 10.8. The standard InChI is InChI=1S/C31H41ClN4O4S/c1-18-13-26(41-4)24(30(38)34-18)15-33-29(37)23-14-25(32)28-27(19(23)2)39-31(3,40-28)20-7-9-21(10-8-20)36-16-22(17-36)35-11-5-6-12-35/h13-14,20-22H,5-12,15-17H2,1-4H3,(H,33,37)(H,34,38)/t20?,21?,31-/m0/s1. The SMILES string of the molecule is CSc1cc(C)[nH]c(=O)c1CNC(=O)c1cc(Cl)c2c(c1C)O[C@](C)(C1CCC(N3CC(N4CCCC4)C3)CC1)O2. The van der Waals surface area contributed by atoms with Gasteiger partial charge < -0.3 is 19.8 Å². The van der Waals surface area contributed by atoms with Gasteiger partial charge in [0.25, 0.3) is 17.3 Å². The monoisotopic (exact) mass is 600 g/mol. The number of hydrogen-bond acceptors (Lipinski definition) is 7. The Morgan fingerprint density at radius 2 is 1.76 bits per heavy atom. The normalized spacial score (nSPS) is 26.8. The van der Waals surface area contributed by atoms with Gasteiger partial charge in [0.05, 0.1) is 5.02 Å². The third-order valence-corrected chi connectivity index (χ3v) is 10.8. The molecule has 2 N–H and O–H groups in total. The molecule has 2 saturated heterocycles. The number of amides is 1. The Kier molecular flexibility index (Phi) is 8.09. The van der Waals surface area contributed by atoms with Crippen molar-refractivity contribution in [1.29, 1.82) is 0 Å². The van der Waals surface area contributed by atoms with Crippen LogP contribution < -0.4 is 20.3 Å². The number of ether oxygens (including phenoxy) is 2. The van der Waals surface area contributed by atoms with Gasteiger partial charge in [-0.3, -0.25) is 19.4 Å². The summed E-state index contributed by atoms with van der Waals surface area (Å²) in [6.07, 6.45) is 8.98. The maximum atomic E-state index is 13.3. The zero-order valence-electron chi connectivity index (χ0n) is 24.5. The van der Waals surface area contributed by atoms with Gasteiger partial charge in [0.15, 0.2) is 11.5 Å². The second-order valence-electron chi connectivity index (χ2n) is 12.3. The van der Waals surface area contributed by atoms with Crippen molar-refractivity contribution in [2.24, 2.45) is 5.92 Å². The van der Waals surface area contributed by atoms with Crippen LogP contribution in [0.1, 0.15) is 72.6 Å². The molecule has 10 heteroatoms. The first kappa shape index (κ1) is 28.9. The number of nitrogens with zero attached hydrogens (tertiary/aromatic N) is 2. The third kappa shape index (κ3) is 5.51. The highest BCUT2D eigenvalue weighted by molar-refractivity contribution is 7.98. The summed E-state index contributed by atoms with van der Waals surface area (Å²) in [5.41, 5.74) is 2.24. The maximum absolute atomic E-state index is 13.3. The molecule has 4 heterocycles. The molecule has 1 aromatic carbocycles. The van der Waals surface area contributed by atoms with Gasteiger partial charge in [-0.2, -0.15) is 0 Å². The average molecular weight is 601 g/mol. The Morgan fingerprint density at radius 1 is 1.07 bits per heavy atom. The van der Waals surface area contributed by atoms with Crippen LogP contribution >= 0.6 is 23.4 Å². The quantitative estimate of drug-likeness (QED) is 0.427. The Bertz CT molecular complexity index is 1380. The predicted octanol–water partition coefficient (Wildman–Crippen LogP) is 5.12. The number of fused-ring (bicyclic) bond motifs is 1. The van der Waals surface area contributed by atoms with E-state index in [1.54, 1.807) is 6.07 Å². The minimum Gasteiger partial charge on any atom is -0.448 e. The van der Waals surface area contributed by atoms with Gasteiger partial charge in [0.1, 0.15) is 0 Å². The summed E-state index contributed by atoms with van der Waals surface area (Å²) in [5.74, 6) is 0.181. The second kappa shape index (κ2) is 11.5. The minimum absolute atomic E-state index is 0.118. The lowest BCUT2D eigenvalue weighted by Gasteiger charge is -2.50. The smallest absolute Gasteiger partial charge is 0.254 e. The first-order valence-corrected chi connectivity index (χ1v) is 16.5. The Morgan fingerprint density at radius 3 is 2.44 bits per heavy atom. The lowest BCUT2D eigenvalue weighted by atomic mass is 9.80. The van der Waals surface area contributed by atoms with E-state index in [1.807, 2.05) is 33.1 Å². The van der Waals surface area contributed by atoms with Gasteiger partial charge in [-0.1, -0.05) is 11.6 Å². The van der Waals surface area contributed by atoms with Gasteiger partial charge in [0.2, 0.25) is 0 Å². The molecule has 6 rings (SSSR count). The second-order valence-corrected chi connectivity index (χ2v) is 13.5. The molecule has 8 nitrogen and oxygen atoms in total. The van der Waals surface area contributed by atoms with Crippen LogP contribution in [0.25, 0.3) is 0 Å². The van der Waals surface area contributed by atoms with E-state index >= 15 is 0 Å². The lowest BCUT2D eigenvalue weighted by molar-refractivity contribution is -0.127. The van der Waals surface area contributed by atoms with Crippen molar-refractivity contribution < 1.29 is 14.3 Å². The van der Waals surface area contributed by atoms with Crippen LogP contribution in [0.5, 0.6) is 11.5 Å². The Hall–Kier alpha value is -2.20. The fourth-order valence-corrected chi connectivity index (χ4v) is 8.08. The number of aromatic amines is 1. The first-order valence-electron chi connectivity index (χ1n) is 14.9. The highest BCUT2D eigenvalue weighted by atomic mass is 35.5. The van der Waals surface area contributed by atoms with Crippen molar-refractivity contribution in [3.8, 4) is 11.5 Å². The number of carbonyl (C=O) groups is 1. The molecule has 3 fully saturated rings. The number of aromatic nitrogens is 1. The summed E-state index contributed by atoms with van der Waals surface area (Å²) < 4.78 is 13.0. The fourth-order valence-electron chi connectivity index (χ4n) is 7.14. The van der Waals surface area contributed by atoms with Crippen molar-refractivity contribution in [2.45, 2.75) is 88.6 Å². The van der Waals surface area contributed by atoms with E-state index in [-0.39, 0.29) is 23.9 Å². The van der Waals surface area contributed by atoms with Gasteiger partial charge in [-0.05, 0) is 83.9 Å². The lowest BCUT2D eigenvalue weighted by Crippen LogP contribution is -2.62. The molecule has 2 aromatic rings. The van der Waals surface area contributed by atoms with Crippen LogP contribution in [0, 0.1) is 19.8 Å².